The number of nitro benzene ring substituents is 1. The monoisotopic (exact) mass is 260 g/mol. The highest BCUT2D eigenvalue weighted by Gasteiger charge is 2.16. The highest BCUT2D eigenvalue weighted by Crippen LogP contribution is 2.29. The first-order chi connectivity index (χ1) is 7.54. The Morgan fingerprint density at radius 3 is 2.88 bits per heavy atom. The molecule has 0 aliphatic heterocycles. The molecule has 0 N–H and O–H groups in total. The fourth-order valence-corrected chi connectivity index (χ4v) is 1.18. The minimum Gasteiger partial charge on any atom is -0.484 e. The first-order valence-corrected chi connectivity index (χ1v) is 4.96. The van der Waals surface area contributed by atoms with E-state index in [4.69, 9.17) is 33.2 Å². The quantitative estimate of drug-likeness (QED) is 0.474. The third kappa shape index (κ3) is 3.26. The molecule has 1 aromatic carbocycles. The van der Waals surface area contributed by atoms with Crippen LogP contribution in [0.4, 0.5) is 5.69 Å². The van der Waals surface area contributed by atoms with E-state index in [1.165, 1.54) is 18.2 Å². The fourth-order valence-electron chi connectivity index (χ4n) is 0.955. The second-order valence-corrected chi connectivity index (χ2v) is 3.74. The summed E-state index contributed by atoms with van der Waals surface area (Å²) in [5.41, 5.74) is -0.255. The highest BCUT2D eigenvalue weighted by molar-refractivity contribution is 6.30. The van der Waals surface area contributed by atoms with Gasteiger partial charge in [-0.1, -0.05) is 11.6 Å². The van der Waals surface area contributed by atoms with Gasteiger partial charge in [-0.25, -0.2) is 0 Å². The number of nitriles is 1. The molecule has 0 amide bonds. The fraction of sp³-hybridized carbons (Fsp3) is 0.222. The SMILES string of the molecule is N#CC(Cl)COc1ccc(Cl)cc1[N+](=O)[O-]. The number of nitrogens with zero attached hydrogens (tertiary/aromatic N) is 2. The average molecular weight is 261 g/mol. The molecule has 0 saturated carbocycles. The summed E-state index contributed by atoms with van der Waals surface area (Å²) < 4.78 is 5.05. The number of halogens is 2. The first kappa shape index (κ1) is 12.6. The number of rotatable bonds is 4. The van der Waals surface area contributed by atoms with Crippen molar-refractivity contribution in [2.45, 2.75) is 5.38 Å². The van der Waals surface area contributed by atoms with Crippen LogP contribution >= 0.6 is 23.2 Å². The molecule has 0 aliphatic rings. The molecule has 1 rings (SSSR count). The van der Waals surface area contributed by atoms with Gasteiger partial charge in [-0.3, -0.25) is 10.1 Å². The van der Waals surface area contributed by atoms with Gasteiger partial charge in [-0.15, -0.1) is 11.6 Å². The van der Waals surface area contributed by atoms with Crippen molar-refractivity contribution in [3.63, 3.8) is 0 Å². The van der Waals surface area contributed by atoms with Crippen molar-refractivity contribution in [3.8, 4) is 11.8 Å². The smallest absolute Gasteiger partial charge is 0.312 e. The van der Waals surface area contributed by atoms with Crippen molar-refractivity contribution >= 4 is 28.9 Å². The van der Waals surface area contributed by atoms with E-state index < -0.39 is 10.3 Å². The lowest BCUT2D eigenvalue weighted by Gasteiger charge is -2.06. The van der Waals surface area contributed by atoms with Crippen LogP contribution in [0.5, 0.6) is 5.75 Å². The zero-order valence-corrected chi connectivity index (χ0v) is 9.40. The third-order valence-electron chi connectivity index (χ3n) is 1.64. The Morgan fingerprint density at radius 2 is 2.31 bits per heavy atom. The zero-order valence-electron chi connectivity index (χ0n) is 7.89. The molecule has 0 fully saturated rings. The van der Waals surface area contributed by atoms with Crippen LogP contribution in [0.15, 0.2) is 18.2 Å². The van der Waals surface area contributed by atoms with E-state index >= 15 is 0 Å². The molecule has 0 saturated heterocycles. The van der Waals surface area contributed by atoms with Crippen LogP contribution in [0.2, 0.25) is 5.02 Å². The van der Waals surface area contributed by atoms with E-state index in [0.717, 1.165) is 0 Å². The molecule has 0 radical (unpaired) electrons. The predicted molar refractivity (Wildman–Crippen MR) is 58.9 cm³/mol. The number of alkyl halides is 1. The molecule has 7 heteroatoms. The normalized spacial score (nSPS) is 11.6. The van der Waals surface area contributed by atoms with Gasteiger partial charge in [0.25, 0.3) is 0 Å². The van der Waals surface area contributed by atoms with E-state index in [0.29, 0.717) is 0 Å². The lowest BCUT2D eigenvalue weighted by Crippen LogP contribution is -2.10. The number of hydrogen-bond donors (Lipinski definition) is 0. The maximum absolute atomic E-state index is 10.7. The molecule has 84 valence electrons. The number of nitro groups is 1. The molecule has 0 spiro atoms. The maximum atomic E-state index is 10.7. The zero-order chi connectivity index (χ0) is 12.1. The van der Waals surface area contributed by atoms with Gasteiger partial charge in [0.15, 0.2) is 11.1 Å². The Morgan fingerprint density at radius 1 is 1.62 bits per heavy atom. The molecule has 16 heavy (non-hydrogen) atoms. The summed E-state index contributed by atoms with van der Waals surface area (Å²) in [6.07, 6.45) is 0. The average Bonchev–Trinajstić information content (AvgIpc) is 2.26. The third-order valence-corrected chi connectivity index (χ3v) is 2.10. The van der Waals surface area contributed by atoms with Gasteiger partial charge < -0.3 is 4.74 Å². The van der Waals surface area contributed by atoms with Gasteiger partial charge in [-0.2, -0.15) is 5.26 Å². The summed E-state index contributed by atoms with van der Waals surface area (Å²) in [6.45, 7) is -0.124. The van der Waals surface area contributed by atoms with Gasteiger partial charge in [0.2, 0.25) is 0 Å². The predicted octanol–water partition coefficient (Wildman–Crippen LogP) is 2.76. The van der Waals surface area contributed by atoms with Crippen LogP contribution in [0.1, 0.15) is 0 Å². The molecule has 1 atom stereocenters. The minimum atomic E-state index is -0.852. The Hall–Kier alpha value is -1.51. The second-order valence-electron chi connectivity index (χ2n) is 2.78. The van der Waals surface area contributed by atoms with E-state index in [9.17, 15) is 10.1 Å². The van der Waals surface area contributed by atoms with Crippen molar-refractivity contribution in [1.29, 1.82) is 5.26 Å². The molecule has 1 unspecified atom stereocenters. The molecule has 1 aromatic rings. The highest BCUT2D eigenvalue weighted by atomic mass is 35.5. The van der Waals surface area contributed by atoms with Crippen molar-refractivity contribution in [2.24, 2.45) is 0 Å². The summed E-state index contributed by atoms with van der Waals surface area (Å²) in [7, 11) is 0. The molecular weight excluding hydrogens is 255 g/mol. The molecular formula is C9H6Cl2N2O3. The van der Waals surface area contributed by atoms with E-state index in [2.05, 4.69) is 0 Å². The summed E-state index contributed by atoms with van der Waals surface area (Å²) in [6, 6.07) is 5.73. The van der Waals surface area contributed by atoms with E-state index in [-0.39, 0.29) is 23.1 Å². The van der Waals surface area contributed by atoms with Crippen LogP contribution in [0.3, 0.4) is 0 Å². The lowest BCUT2D eigenvalue weighted by atomic mass is 10.3. The molecule has 0 aliphatic carbocycles. The van der Waals surface area contributed by atoms with Crippen LogP contribution < -0.4 is 4.74 Å². The second kappa shape index (κ2) is 5.54. The van der Waals surface area contributed by atoms with Gasteiger partial charge >= 0.3 is 5.69 Å². The van der Waals surface area contributed by atoms with E-state index in [1.807, 2.05) is 0 Å². The standard InChI is InChI=1S/C9H6Cl2N2O3/c10-6-1-2-9(8(3-6)13(14)15)16-5-7(11)4-12/h1-3,7H,5H2. The van der Waals surface area contributed by atoms with Crippen molar-refractivity contribution < 1.29 is 9.66 Å². The van der Waals surface area contributed by atoms with Gasteiger partial charge in [0.05, 0.1) is 11.0 Å². The van der Waals surface area contributed by atoms with Gasteiger partial charge in [0, 0.05) is 11.1 Å². The summed E-state index contributed by atoms with van der Waals surface area (Å²) in [5, 5.41) is 18.5. The lowest BCUT2D eigenvalue weighted by molar-refractivity contribution is -0.385. The van der Waals surface area contributed by atoms with Crippen molar-refractivity contribution in [2.75, 3.05) is 6.61 Å². The van der Waals surface area contributed by atoms with Crippen LogP contribution in [-0.2, 0) is 0 Å². The van der Waals surface area contributed by atoms with Crippen LogP contribution in [0, 0.1) is 21.4 Å². The summed E-state index contributed by atoms with van der Waals surface area (Å²) >= 11 is 11.1. The number of ether oxygens (including phenoxy) is 1. The summed E-state index contributed by atoms with van der Waals surface area (Å²) in [4.78, 5) is 10.0. The first-order valence-electron chi connectivity index (χ1n) is 4.15. The Bertz CT molecular complexity index is 445. The Kier molecular flexibility index (Phi) is 4.35. The minimum absolute atomic E-state index is 0.0373. The van der Waals surface area contributed by atoms with Crippen molar-refractivity contribution in [1.82, 2.24) is 0 Å². The van der Waals surface area contributed by atoms with Crippen molar-refractivity contribution in [3.05, 3.63) is 33.3 Å². The Labute approximate surface area is 101 Å². The van der Waals surface area contributed by atoms with Gasteiger partial charge in [-0.05, 0) is 12.1 Å². The number of hydrogen-bond acceptors (Lipinski definition) is 4. The largest absolute Gasteiger partial charge is 0.484 e. The number of benzene rings is 1. The topological polar surface area (TPSA) is 76.2 Å². The van der Waals surface area contributed by atoms with Gasteiger partial charge in [0.1, 0.15) is 6.61 Å². The van der Waals surface area contributed by atoms with Crippen LogP contribution in [0.25, 0.3) is 0 Å². The molecule has 0 aromatic heterocycles. The van der Waals surface area contributed by atoms with Crippen LogP contribution in [-0.4, -0.2) is 16.9 Å². The summed E-state index contributed by atoms with van der Waals surface area (Å²) in [5.74, 6) is 0.0373. The van der Waals surface area contributed by atoms with E-state index in [1.54, 1.807) is 6.07 Å². The Balaban J connectivity index is 2.88. The molecule has 0 heterocycles. The maximum Gasteiger partial charge on any atom is 0.312 e. The molecule has 0 bridgehead atoms. The molecule has 5 nitrogen and oxygen atoms in total.